The molecule has 248 valence electrons. The van der Waals surface area contributed by atoms with Crippen molar-refractivity contribution in [2.45, 2.75) is 112 Å². The number of ether oxygens (including phenoxy) is 3. The quantitative estimate of drug-likeness (QED) is 0.160. The molecule has 8 nitrogen and oxygen atoms in total. The summed E-state index contributed by atoms with van der Waals surface area (Å²) in [5, 5.41) is 22.2. The van der Waals surface area contributed by atoms with Gasteiger partial charge in [0.25, 0.3) is 0 Å². The van der Waals surface area contributed by atoms with Crippen LogP contribution in [0.5, 0.6) is 0 Å². The van der Waals surface area contributed by atoms with Crippen molar-refractivity contribution in [3.63, 3.8) is 0 Å². The third kappa shape index (κ3) is 14.7. The van der Waals surface area contributed by atoms with Crippen molar-refractivity contribution in [1.29, 1.82) is 0 Å². The highest BCUT2D eigenvalue weighted by atomic mass is 16.6. The number of aliphatic hydroxyl groups is 2. The van der Waals surface area contributed by atoms with Crippen molar-refractivity contribution >= 4 is 17.9 Å². The SMILES string of the molecule is C=C/C=C\[C@H](C)[C@@H]1OC(=O)/C=C\C=C\[C@@H](C)[C@@H](OC(C)=O)C[C@H](OC(C)=O)/C=C\[C@H](C)[C@H](O)[C@@H](C)C[C@@H](C)CC[C@@H](O)[C@@H]1C. The number of hydrogen-bond donors (Lipinski definition) is 2. The lowest BCUT2D eigenvalue weighted by molar-refractivity contribution is -0.153. The first-order valence-corrected chi connectivity index (χ1v) is 15.9. The number of allylic oxidation sites excluding steroid dienone is 4. The lowest BCUT2D eigenvalue weighted by Crippen LogP contribution is -2.37. The number of cyclic esters (lactones) is 1. The normalized spacial score (nSPS) is 36.5. The minimum absolute atomic E-state index is 0.0206. The predicted molar refractivity (Wildman–Crippen MR) is 173 cm³/mol. The van der Waals surface area contributed by atoms with Gasteiger partial charge in [-0.2, -0.15) is 0 Å². The summed E-state index contributed by atoms with van der Waals surface area (Å²) in [7, 11) is 0. The fourth-order valence-corrected chi connectivity index (χ4v) is 5.68. The zero-order valence-electron chi connectivity index (χ0n) is 27.9. The maximum absolute atomic E-state index is 12.8. The molecule has 0 unspecified atom stereocenters. The first kappa shape index (κ1) is 39.1. The number of rotatable bonds is 5. The van der Waals surface area contributed by atoms with Crippen molar-refractivity contribution in [3.8, 4) is 0 Å². The van der Waals surface area contributed by atoms with Crippen LogP contribution in [0.15, 0.2) is 61.3 Å². The van der Waals surface area contributed by atoms with E-state index in [-0.39, 0.29) is 41.9 Å². The van der Waals surface area contributed by atoms with Gasteiger partial charge in [-0.1, -0.05) is 90.7 Å². The standard InChI is InChI=1S/C36H56O8/c1-10-11-14-26(5)36-28(7)32(39)20-17-23(2)21-27(6)35(41)25(4)18-19-31(42-29(8)37)22-33(43-30(9)38)24(3)15-12-13-16-34(40)44-36/h10-16,18-19,23-28,31-33,35-36,39,41H,1,17,20-22H2,2-9H3/b14-11-,15-12+,16-13-,19-18-/t23-,24+,25-,26-,27-,28-,31+,32+,33-,35-,36-/m0/s1. The van der Waals surface area contributed by atoms with Gasteiger partial charge in [0.15, 0.2) is 0 Å². The van der Waals surface area contributed by atoms with Crippen molar-refractivity contribution < 1.29 is 38.8 Å². The van der Waals surface area contributed by atoms with Gasteiger partial charge in [0, 0.05) is 50.0 Å². The van der Waals surface area contributed by atoms with Crippen LogP contribution in [0, 0.1) is 35.5 Å². The van der Waals surface area contributed by atoms with E-state index in [0.717, 1.165) is 12.8 Å². The van der Waals surface area contributed by atoms with E-state index in [1.807, 2.05) is 46.8 Å². The van der Waals surface area contributed by atoms with Gasteiger partial charge in [0.1, 0.15) is 18.3 Å². The summed E-state index contributed by atoms with van der Waals surface area (Å²) in [6.45, 7) is 18.1. The highest BCUT2D eigenvalue weighted by Crippen LogP contribution is 2.29. The molecule has 1 rings (SSSR count). The molecule has 0 fully saturated rings. The number of aliphatic hydroxyl groups excluding tert-OH is 2. The number of carbonyl (C=O) groups is 3. The Balaban J connectivity index is 3.42. The summed E-state index contributed by atoms with van der Waals surface area (Å²) in [6.07, 6.45) is 14.4. The van der Waals surface area contributed by atoms with Crippen LogP contribution in [-0.2, 0) is 28.6 Å². The molecule has 0 bridgehead atoms. The lowest BCUT2D eigenvalue weighted by atomic mass is 9.82. The molecule has 0 aromatic heterocycles. The number of hydrogen-bond acceptors (Lipinski definition) is 8. The predicted octanol–water partition coefficient (Wildman–Crippen LogP) is 6.28. The van der Waals surface area contributed by atoms with Crippen LogP contribution in [0.4, 0.5) is 0 Å². The topological polar surface area (TPSA) is 119 Å². The zero-order chi connectivity index (χ0) is 33.4. The summed E-state index contributed by atoms with van der Waals surface area (Å²) in [4.78, 5) is 36.6. The number of esters is 3. The Labute approximate surface area is 264 Å². The van der Waals surface area contributed by atoms with Crippen molar-refractivity contribution in [3.05, 3.63) is 61.3 Å². The minimum atomic E-state index is -0.684. The molecule has 2 N–H and O–H groups in total. The Kier molecular flexibility index (Phi) is 17.9. The molecule has 1 aliphatic heterocycles. The summed E-state index contributed by atoms with van der Waals surface area (Å²) >= 11 is 0. The monoisotopic (exact) mass is 616 g/mol. The summed E-state index contributed by atoms with van der Waals surface area (Å²) in [5.41, 5.74) is 0. The Bertz CT molecular complexity index is 1030. The molecule has 1 aliphatic rings. The van der Waals surface area contributed by atoms with Crippen LogP contribution < -0.4 is 0 Å². The largest absolute Gasteiger partial charge is 0.462 e. The summed E-state index contributed by atoms with van der Waals surface area (Å²) < 4.78 is 17.0. The van der Waals surface area contributed by atoms with E-state index < -0.39 is 48.4 Å². The third-order valence-electron chi connectivity index (χ3n) is 8.37. The molecular weight excluding hydrogens is 560 g/mol. The Morgan fingerprint density at radius 2 is 1.61 bits per heavy atom. The summed E-state index contributed by atoms with van der Waals surface area (Å²) in [6, 6.07) is 0. The van der Waals surface area contributed by atoms with E-state index >= 15 is 0 Å². The zero-order valence-corrected chi connectivity index (χ0v) is 27.9. The minimum Gasteiger partial charge on any atom is -0.462 e. The fourth-order valence-electron chi connectivity index (χ4n) is 5.68. The van der Waals surface area contributed by atoms with E-state index in [4.69, 9.17) is 14.2 Å². The van der Waals surface area contributed by atoms with Crippen LogP contribution in [-0.4, -0.2) is 58.6 Å². The van der Waals surface area contributed by atoms with Gasteiger partial charge in [-0.05, 0) is 37.2 Å². The molecule has 0 aromatic carbocycles. The van der Waals surface area contributed by atoms with Crippen LogP contribution in [0.2, 0.25) is 0 Å². The van der Waals surface area contributed by atoms with Gasteiger partial charge >= 0.3 is 17.9 Å². The second-order valence-corrected chi connectivity index (χ2v) is 12.6. The second-order valence-electron chi connectivity index (χ2n) is 12.6. The Morgan fingerprint density at radius 3 is 2.23 bits per heavy atom. The first-order valence-electron chi connectivity index (χ1n) is 15.9. The number of carbonyl (C=O) groups excluding carboxylic acids is 3. The Morgan fingerprint density at radius 1 is 0.955 bits per heavy atom. The molecule has 44 heavy (non-hydrogen) atoms. The smallest absolute Gasteiger partial charge is 0.331 e. The maximum atomic E-state index is 12.8. The molecular formula is C36H56O8. The van der Waals surface area contributed by atoms with Crippen LogP contribution in [0.3, 0.4) is 0 Å². The van der Waals surface area contributed by atoms with Crippen molar-refractivity contribution in [2.75, 3.05) is 0 Å². The van der Waals surface area contributed by atoms with Gasteiger partial charge in [-0.25, -0.2) is 4.79 Å². The molecule has 8 heteroatoms. The highest BCUT2D eigenvalue weighted by Gasteiger charge is 2.31. The summed E-state index contributed by atoms with van der Waals surface area (Å²) in [5.74, 6) is -2.21. The van der Waals surface area contributed by atoms with E-state index in [9.17, 15) is 24.6 Å². The second kappa shape index (κ2) is 20.1. The average molecular weight is 617 g/mol. The van der Waals surface area contributed by atoms with E-state index in [2.05, 4.69) is 13.5 Å². The van der Waals surface area contributed by atoms with E-state index in [0.29, 0.717) is 6.42 Å². The lowest BCUT2D eigenvalue weighted by Gasteiger charge is -2.31. The molecule has 0 saturated carbocycles. The van der Waals surface area contributed by atoms with Crippen molar-refractivity contribution in [1.82, 2.24) is 0 Å². The van der Waals surface area contributed by atoms with Crippen LogP contribution in [0.25, 0.3) is 0 Å². The van der Waals surface area contributed by atoms with Gasteiger partial charge in [0.05, 0.1) is 12.2 Å². The third-order valence-corrected chi connectivity index (χ3v) is 8.37. The highest BCUT2D eigenvalue weighted by molar-refractivity contribution is 5.82. The van der Waals surface area contributed by atoms with E-state index in [1.54, 1.807) is 36.5 Å². The van der Waals surface area contributed by atoms with E-state index in [1.165, 1.54) is 19.9 Å². The van der Waals surface area contributed by atoms with Crippen molar-refractivity contribution in [2.24, 2.45) is 35.5 Å². The van der Waals surface area contributed by atoms with Gasteiger partial charge in [-0.3, -0.25) is 9.59 Å². The molecule has 1 heterocycles. The van der Waals surface area contributed by atoms with Gasteiger partial charge in [-0.15, -0.1) is 0 Å². The molecule has 0 spiro atoms. The maximum Gasteiger partial charge on any atom is 0.331 e. The van der Waals surface area contributed by atoms with Gasteiger partial charge in [0.2, 0.25) is 0 Å². The Hall–Kier alpha value is -2.97. The first-order chi connectivity index (χ1) is 20.7. The molecule has 0 saturated heterocycles. The average Bonchev–Trinajstić information content (AvgIpc) is 2.95. The van der Waals surface area contributed by atoms with Crippen LogP contribution in [0.1, 0.15) is 81.1 Å². The molecule has 0 radical (unpaired) electrons. The molecule has 0 amide bonds. The van der Waals surface area contributed by atoms with Crippen LogP contribution >= 0.6 is 0 Å². The fraction of sp³-hybridized carbons (Fsp3) is 0.639. The molecule has 0 aromatic rings. The molecule has 11 atom stereocenters. The molecule has 0 aliphatic carbocycles. The van der Waals surface area contributed by atoms with Gasteiger partial charge < -0.3 is 24.4 Å².